The third-order valence-corrected chi connectivity index (χ3v) is 4.44. The first-order valence-electron chi connectivity index (χ1n) is 7.56. The van der Waals surface area contributed by atoms with Crippen molar-refractivity contribution in [3.8, 4) is 11.3 Å². The molecule has 4 nitrogen and oxygen atoms in total. The van der Waals surface area contributed by atoms with E-state index < -0.39 is 0 Å². The van der Waals surface area contributed by atoms with Crippen molar-refractivity contribution in [3.63, 3.8) is 0 Å². The molecule has 2 aromatic rings. The maximum atomic E-state index is 12.2. The molecule has 0 aliphatic carbocycles. The van der Waals surface area contributed by atoms with Crippen molar-refractivity contribution >= 4 is 17.5 Å². The Labute approximate surface area is 140 Å². The number of ether oxygens (including phenoxy) is 1. The summed E-state index contributed by atoms with van der Waals surface area (Å²) in [7, 11) is 0. The monoisotopic (exact) mass is 330 g/mol. The molecule has 1 saturated heterocycles. The van der Waals surface area contributed by atoms with Crippen molar-refractivity contribution < 1.29 is 9.53 Å². The lowest BCUT2D eigenvalue weighted by atomic mass is 9.88. The highest BCUT2D eigenvalue weighted by Gasteiger charge is 2.33. The summed E-state index contributed by atoms with van der Waals surface area (Å²) in [6.45, 7) is 6.01. The molecule has 1 amide bonds. The molecular weight excluding hydrogens is 312 g/mol. The SMILES string of the molecule is Cc1nc(-c2ccc(C(=O)NCC3(C)COC3)cc2)ccc1Cl. The summed E-state index contributed by atoms with van der Waals surface area (Å²) < 4.78 is 5.19. The molecule has 0 saturated carbocycles. The van der Waals surface area contributed by atoms with E-state index in [1.807, 2.05) is 43.3 Å². The van der Waals surface area contributed by atoms with Gasteiger partial charge in [0.25, 0.3) is 5.91 Å². The number of hydrogen-bond acceptors (Lipinski definition) is 3. The number of amides is 1. The number of aryl methyl sites for hydroxylation is 1. The molecule has 1 aromatic heterocycles. The van der Waals surface area contributed by atoms with Gasteiger partial charge in [-0.3, -0.25) is 9.78 Å². The molecule has 0 spiro atoms. The number of benzene rings is 1. The third-order valence-electron chi connectivity index (χ3n) is 4.04. The summed E-state index contributed by atoms with van der Waals surface area (Å²) >= 11 is 6.00. The van der Waals surface area contributed by atoms with Crippen LogP contribution in [0, 0.1) is 12.3 Å². The van der Waals surface area contributed by atoms with E-state index in [0.717, 1.165) is 17.0 Å². The van der Waals surface area contributed by atoms with E-state index in [1.54, 1.807) is 0 Å². The van der Waals surface area contributed by atoms with Gasteiger partial charge in [-0.1, -0.05) is 30.7 Å². The van der Waals surface area contributed by atoms with Crippen LogP contribution in [0.1, 0.15) is 23.0 Å². The van der Waals surface area contributed by atoms with E-state index in [0.29, 0.717) is 30.3 Å². The Kier molecular flexibility index (Phi) is 4.37. The highest BCUT2D eigenvalue weighted by Crippen LogP contribution is 2.25. The molecule has 0 unspecified atom stereocenters. The summed E-state index contributed by atoms with van der Waals surface area (Å²) in [5.41, 5.74) is 3.31. The van der Waals surface area contributed by atoms with E-state index in [9.17, 15) is 4.79 Å². The number of nitrogens with one attached hydrogen (secondary N) is 1. The minimum atomic E-state index is -0.0649. The average Bonchev–Trinajstić information content (AvgIpc) is 2.53. The van der Waals surface area contributed by atoms with Gasteiger partial charge in [0.1, 0.15) is 0 Å². The summed E-state index contributed by atoms with van der Waals surface area (Å²) in [6.07, 6.45) is 0. The lowest BCUT2D eigenvalue weighted by Crippen LogP contribution is -2.48. The lowest BCUT2D eigenvalue weighted by Gasteiger charge is -2.38. The van der Waals surface area contributed by atoms with Gasteiger partial charge in [-0.05, 0) is 31.2 Å². The number of hydrogen-bond donors (Lipinski definition) is 1. The van der Waals surface area contributed by atoms with Crippen molar-refractivity contribution in [2.45, 2.75) is 13.8 Å². The maximum absolute atomic E-state index is 12.2. The van der Waals surface area contributed by atoms with E-state index >= 15 is 0 Å². The van der Waals surface area contributed by atoms with Gasteiger partial charge in [-0.2, -0.15) is 0 Å². The van der Waals surface area contributed by atoms with Crippen LogP contribution in [0.2, 0.25) is 5.02 Å². The fourth-order valence-corrected chi connectivity index (χ4v) is 2.55. The predicted octanol–water partition coefficient (Wildman–Crippen LogP) is 3.48. The van der Waals surface area contributed by atoms with E-state index in [4.69, 9.17) is 16.3 Å². The Balaban J connectivity index is 1.68. The summed E-state index contributed by atoms with van der Waals surface area (Å²) in [4.78, 5) is 16.7. The second-order valence-electron chi connectivity index (χ2n) is 6.33. The van der Waals surface area contributed by atoms with Gasteiger partial charge >= 0.3 is 0 Å². The zero-order valence-electron chi connectivity index (χ0n) is 13.2. The molecule has 1 aliphatic heterocycles. The average molecular weight is 331 g/mol. The third kappa shape index (κ3) is 3.54. The van der Waals surface area contributed by atoms with Crippen LogP contribution in [-0.2, 0) is 4.74 Å². The van der Waals surface area contributed by atoms with Gasteiger partial charge in [0.05, 0.1) is 29.6 Å². The van der Waals surface area contributed by atoms with Crippen LogP contribution in [0.5, 0.6) is 0 Å². The minimum absolute atomic E-state index is 0.0649. The van der Waals surface area contributed by atoms with Gasteiger partial charge in [-0.15, -0.1) is 0 Å². The first-order valence-corrected chi connectivity index (χ1v) is 7.94. The second-order valence-corrected chi connectivity index (χ2v) is 6.73. The molecule has 5 heteroatoms. The first-order chi connectivity index (χ1) is 11.0. The molecule has 0 radical (unpaired) electrons. The van der Waals surface area contributed by atoms with Gasteiger partial charge < -0.3 is 10.1 Å². The molecule has 120 valence electrons. The number of rotatable bonds is 4. The molecular formula is C18H19ClN2O2. The van der Waals surface area contributed by atoms with Crippen molar-refractivity contribution in [2.24, 2.45) is 5.41 Å². The topological polar surface area (TPSA) is 51.2 Å². The van der Waals surface area contributed by atoms with Crippen molar-refractivity contribution in [1.82, 2.24) is 10.3 Å². The molecule has 1 N–H and O–H groups in total. The van der Waals surface area contributed by atoms with Crippen LogP contribution in [-0.4, -0.2) is 30.6 Å². The van der Waals surface area contributed by atoms with Crippen LogP contribution >= 0.6 is 11.6 Å². The molecule has 0 atom stereocenters. The predicted molar refractivity (Wildman–Crippen MR) is 90.7 cm³/mol. The van der Waals surface area contributed by atoms with Crippen LogP contribution in [0.25, 0.3) is 11.3 Å². The maximum Gasteiger partial charge on any atom is 0.251 e. The van der Waals surface area contributed by atoms with Crippen LogP contribution in [0.3, 0.4) is 0 Å². The largest absolute Gasteiger partial charge is 0.380 e. The molecule has 2 heterocycles. The van der Waals surface area contributed by atoms with Crippen molar-refractivity contribution in [1.29, 1.82) is 0 Å². The van der Waals surface area contributed by atoms with Crippen LogP contribution in [0.4, 0.5) is 0 Å². The highest BCUT2D eigenvalue weighted by atomic mass is 35.5. The van der Waals surface area contributed by atoms with Gasteiger partial charge in [-0.25, -0.2) is 0 Å². The quantitative estimate of drug-likeness (QED) is 0.933. The summed E-state index contributed by atoms with van der Waals surface area (Å²) in [6, 6.07) is 11.1. The number of halogens is 1. The molecule has 3 rings (SSSR count). The Morgan fingerprint density at radius 1 is 1.26 bits per heavy atom. The van der Waals surface area contributed by atoms with E-state index in [-0.39, 0.29) is 11.3 Å². The molecule has 0 bridgehead atoms. The molecule has 1 aromatic carbocycles. The van der Waals surface area contributed by atoms with Crippen molar-refractivity contribution in [2.75, 3.05) is 19.8 Å². The van der Waals surface area contributed by atoms with Crippen LogP contribution in [0.15, 0.2) is 36.4 Å². The number of aromatic nitrogens is 1. The molecule has 23 heavy (non-hydrogen) atoms. The van der Waals surface area contributed by atoms with E-state index in [2.05, 4.69) is 17.2 Å². The number of carbonyl (C=O) groups is 1. The Hall–Kier alpha value is -1.91. The number of pyridine rings is 1. The van der Waals surface area contributed by atoms with Crippen LogP contribution < -0.4 is 5.32 Å². The zero-order chi connectivity index (χ0) is 16.4. The number of nitrogens with zero attached hydrogens (tertiary/aromatic N) is 1. The number of carbonyl (C=O) groups excluding carboxylic acids is 1. The lowest BCUT2D eigenvalue weighted by molar-refractivity contribution is -0.0978. The Morgan fingerprint density at radius 3 is 2.52 bits per heavy atom. The summed E-state index contributed by atoms with van der Waals surface area (Å²) in [5.74, 6) is -0.0649. The Morgan fingerprint density at radius 2 is 1.96 bits per heavy atom. The normalized spacial score (nSPS) is 15.8. The van der Waals surface area contributed by atoms with Crippen molar-refractivity contribution in [3.05, 3.63) is 52.7 Å². The smallest absolute Gasteiger partial charge is 0.251 e. The standard InChI is InChI=1S/C18H19ClN2O2/c1-12-15(19)7-8-16(21-12)13-3-5-14(6-4-13)17(22)20-9-18(2)10-23-11-18/h3-8H,9-11H2,1-2H3,(H,20,22). The fourth-order valence-electron chi connectivity index (χ4n) is 2.45. The molecule has 1 aliphatic rings. The zero-order valence-corrected chi connectivity index (χ0v) is 14.0. The fraction of sp³-hybridized carbons (Fsp3) is 0.333. The highest BCUT2D eigenvalue weighted by molar-refractivity contribution is 6.31. The summed E-state index contributed by atoms with van der Waals surface area (Å²) in [5, 5.41) is 3.62. The minimum Gasteiger partial charge on any atom is -0.380 e. The first kappa shape index (κ1) is 16.0. The Bertz CT molecular complexity index is 724. The molecule has 1 fully saturated rings. The van der Waals surface area contributed by atoms with Gasteiger partial charge in [0, 0.05) is 23.1 Å². The van der Waals surface area contributed by atoms with Gasteiger partial charge in [0.15, 0.2) is 0 Å². The van der Waals surface area contributed by atoms with Gasteiger partial charge in [0.2, 0.25) is 0 Å². The van der Waals surface area contributed by atoms with E-state index in [1.165, 1.54) is 0 Å². The second kappa shape index (κ2) is 6.30.